The van der Waals surface area contributed by atoms with Gasteiger partial charge in [0.05, 0.1) is 0 Å². The minimum Gasteiger partial charge on any atom is -0.314 e. The van der Waals surface area contributed by atoms with E-state index in [0.29, 0.717) is 5.54 Å². The first-order valence-corrected chi connectivity index (χ1v) is 6.64. The summed E-state index contributed by atoms with van der Waals surface area (Å²) in [5, 5.41) is 7.36. The summed E-state index contributed by atoms with van der Waals surface area (Å²) in [6.07, 6.45) is 8.42. The van der Waals surface area contributed by atoms with E-state index in [9.17, 15) is 0 Å². The molecule has 15 heavy (non-hydrogen) atoms. The molecular formula is C13H26N2. The molecule has 0 aromatic heterocycles. The summed E-state index contributed by atoms with van der Waals surface area (Å²) in [7, 11) is 0. The molecule has 2 rings (SSSR count). The molecule has 2 aliphatic rings. The number of hydrogen-bond donors (Lipinski definition) is 2. The van der Waals surface area contributed by atoms with Crippen molar-refractivity contribution in [1.82, 2.24) is 10.6 Å². The van der Waals surface area contributed by atoms with E-state index < -0.39 is 0 Å². The van der Waals surface area contributed by atoms with Gasteiger partial charge in [0.1, 0.15) is 0 Å². The molecule has 88 valence electrons. The summed E-state index contributed by atoms with van der Waals surface area (Å²) in [6.45, 7) is 7.07. The van der Waals surface area contributed by atoms with Gasteiger partial charge < -0.3 is 10.6 Å². The van der Waals surface area contributed by atoms with E-state index in [-0.39, 0.29) is 0 Å². The molecule has 1 unspecified atom stereocenters. The van der Waals surface area contributed by atoms with Crippen LogP contribution in [-0.2, 0) is 0 Å². The molecule has 1 aliphatic heterocycles. The number of hydrogen-bond acceptors (Lipinski definition) is 2. The van der Waals surface area contributed by atoms with Gasteiger partial charge in [-0.15, -0.1) is 0 Å². The van der Waals surface area contributed by atoms with Crippen molar-refractivity contribution in [2.45, 2.75) is 64.0 Å². The fourth-order valence-corrected chi connectivity index (χ4v) is 3.10. The van der Waals surface area contributed by atoms with Crippen LogP contribution in [0.4, 0.5) is 0 Å². The van der Waals surface area contributed by atoms with Gasteiger partial charge in [-0.3, -0.25) is 0 Å². The largest absolute Gasteiger partial charge is 0.314 e. The summed E-state index contributed by atoms with van der Waals surface area (Å²) in [4.78, 5) is 0. The molecule has 0 amide bonds. The Hall–Kier alpha value is -0.0800. The predicted octanol–water partition coefficient (Wildman–Crippen LogP) is 2.30. The zero-order chi connectivity index (χ0) is 10.7. The molecule has 1 atom stereocenters. The molecule has 1 heterocycles. The zero-order valence-corrected chi connectivity index (χ0v) is 10.3. The molecule has 0 spiro atoms. The van der Waals surface area contributed by atoms with Crippen LogP contribution in [0.25, 0.3) is 0 Å². The van der Waals surface area contributed by atoms with Crippen molar-refractivity contribution < 1.29 is 0 Å². The number of nitrogens with one attached hydrogen (secondary N) is 2. The summed E-state index contributed by atoms with van der Waals surface area (Å²) in [5.74, 6) is 0.975. The van der Waals surface area contributed by atoms with Crippen molar-refractivity contribution in [2.24, 2.45) is 5.92 Å². The van der Waals surface area contributed by atoms with Crippen LogP contribution >= 0.6 is 0 Å². The Labute approximate surface area is 94.2 Å². The maximum atomic E-state index is 3.78. The lowest BCUT2D eigenvalue weighted by Crippen LogP contribution is -2.52. The quantitative estimate of drug-likeness (QED) is 0.747. The molecule has 2 N–H and O–H groups in total. The van der Waals surface area contributed by atoms with Crippen molar-refractivity contribution in [3.8, 4) is 0 Å². The van der Waals surface area contributed by atoms with E-state index in [1.807, 2.05) is 0 Å². The first kappa shape index (κ1) is 11.4. The molecule has 2 heteroatoms. The van der Waals surface area contributed by atoms with Gasteiger partial charge in [-0.1, -0.05) is 12.8 Å². The third-order valence-corrected chi connectivity index (χ3v) is 4.02. The SMILES string of the molecule is CC1(C)CC(NCC2CCCC2)CCN1. The molecule has 1 saturated carbocycles. The van der Waals surface area contributed by atoms with Crippen LogP contribution in [0, 0.1) is 5.92 Å². The van der Waals surface area contributed by atoms with Crippen LogP contribution < -0.4 is 10.6 Å². The zero-order valence-electron chi connectivity index (χ0n) is 10.3. The third kappa shape index (κ3) is 3.46. The van der Waals surface area contributed by atoms with E-state index >= 15 is 0 Å². The monoisotopic (exact) mass is 210 g/mol. The minimum atomic E-state index is 0.339. The Morgan fingerprint density at radius 1 is 1.20 bits per heavy atom. The summed E-state index contributed by atoms with van der Waals surface area (Å²) >= 11 is 0. The van der Waals surface area contributed by atoms with E-state index in [1.165, 1.54) is 51.6 Å². The summed E-state index contributed by atoms with van der Waals surface area (Å²) < 4.78 is 0. The molecule has 1 saturated heterocycles. The molecule has 0 aromatic carbocycles. The second-order valence-electron chi connectivity index (χ2n) is 6.06. The fraction of sp³-hybridized carbons (Fsp3) is 1.00. The predicted molar refractivity (Wildman–Crippen MR) is 65.1 cm³/mol. The second-order valence-corrected chi connectivity index (χ2v) is 6.06. The Morgan fingerprint density at radius 2 is 1.93 bits per heavy atom. The lowest BCUT2D eigenvalue weighted by atomic mass is 9.89. The Kier molecular flexibility index (Phi) is 3.68. The maximum absolute atomic E-state index is 3.78. The summed E-state index contributed by atoms with van der Waals surface area (Å²) in [6, 6.07) is 0.752. The maximum Gasteiger partial charge on any atom is 0.0139 e. The number of rotatable bonds is 3. The van der Waals surface area contributed by atoms with Crippen LogP contribution in [-0.4, -0.2) is 24.7 Å². The average molecular weight is 210 g/mol. The van der Waals surface area contributed by atoms with Crippen molar-refractivity contribution in [3.05, 3.63) is 0 Å². The highest BCUT2D eigenvalue weighted by Crippen LogP contribution is 2.25. The minimum absolute atomic E-state index is 0.339. The van der Waals surface area contributed by atoms with Crippen LogP contribution in [0.5, 0.6) is 0 Å². The van der Waals surface area contributed by atoms with Gasteiger partial charge in [-0.2, -0.15) is 0 Å². The highest BCUT2D eigenvalue weighted by molar-refractivity contribution is 4.89. The molecule has 1 aliphatic carbocycles. The molecule has 0 radical (unpaired) electrons. The van der Waals surface area contributed by atoms with Gasteiger partial charge in [0.25, 0.3) is 0 Å². The first-order chi connectivity index (χ1) is 7.16. The summed E-state index contributed by atoms with van der Waals surface area (Å²) in [5.41, 5.74) is 0.339. The van der Waals surface area contributed by atoms with Crippen molar-refractivity contribution >= 4 is 0 Å². The molecule has 0 bridgehead atoms. The lowest BCUT2D eigenvalue weighted by molar-refractivity contribution is 0.242. The number of piperidine rings is 1. The standard InChI is InChI=1S/C13H26N2/c1-13(2)9-12(7-8-15-13)14-10-11-5-3-4-6-11/h11-12,14-15H,3-10H2,1-2H3. The van der Waals surface area contributed by atoms with E-state index in [0.717, 1.165) is 12.0 Å². The topological polar surface area (TPSA) is 24.1 Å². The van der Waals surface area contributed by atoms with Gasteiger partial charge in [-0.25, -0.2) is 0 Å². The van der Waals surface area contributed by atoms with Crippen LogP contribution in [0.2, 0.25) is 0 Å². The van der Waals surface area contributed by atoms with Gasteiger partial charge in [0.2, 0.25) is 0 Å². The Bertz CT molecular complexity index is 195. The molecule has 0 aromatic rings. The van der Waals surface area contributed by atoms with Crippen molar-refractivity contribution in [2.75, 3.05) is 13.1 Å². The smallest absolute Gasteiger partial charge is 0.0139 e. The van der Waals surface area contributed by atoms with Crippen LogP contribution in [0.15, 0.2) is 0 Å². The normalized spacial score (nSPS) is 32.0. The first-order valence-electron chi connectivity index (χ1n) is 6.64. The third-order valence-electron chi connectivity index (χ3n) is 4.02. The van der Waals surface area contributed by atoms with Gasteiger partial charge >= 0.3 is 0 Å². The van der Waals surface area contributed by atoms with Crippen molar-refractivity contribution in [3.63, 3.8) is 0 Å². The van der Waals surface area contributed by atoms with Crippen LogP contribution in [0.3, 0.4) is 0 Å². The average Bonchev–Trinajstić information content (AvgIpc) is 2.65. The fourth-order valence-electron chi connectivity index (χ4n) is 3.10. The molecule has 2 fully saturated rings. The highest BCUT2D eigenvalue weighted by atomic mass is 15.0. The van der Waals surface area contributed by atoms with Crippen molar-refractivity contribution in [1.29, 1.82) is 0 Å². The van der Waals surface area contributed by atoms with Gasteiger partial charge in [-0.05, 0) is 58.5 Å². The highest BCUT2D eigenvalue weighted by Gasteiger charge is 2.27. The van der Waals surface area contributed by atoms with E-state index in [1.54, 1.807) is 0 Å². The van der Waals surface area contributed by atoms with E-state index in [2.05, 4.69) is 24.5 Å². The Balaban J connectivity index is 1.69. The molecule has 2 nitrogen and oxygen atoms in total. The van der Waals surface area contributed by atoms with E-state index in [4.69, 9.17) is 0 Å². The lowest BCUT2D eigenvalue weighted by Gasteiger charge is -2.37. The van der Waals surface area contributed by atoms with Gasteiger partial charge in [0, 0.05) is 11.6 Å². The second kappa shape index (κ2) is 4.84. The van der Waals surface area contributed by atoms with Crippen LogP contribution in [0.1, 0.15) is 52.4 Å². The van der Waals surface area contributed by atoms with Gasteiger partial charge in [0.15, 0.2) is 0 Å². The molecular weight excluding hydrogens is 184 g/mol. The Morgan fingerprint density at radius 3 is 2.60 bits per heavy atom.